The molecule has 0 bridgehead atoms. The van der Waals surface area contributed by atoms with Crippen molar-refractivity contribution in [3.63, 3.8) is 0 Å². The third-order valence-corrected chi connectivity index (χ3v) is 2.92. The second-order valence-electron chi connectivity index (χ2n) is 2.31. The molecule has 0 aromatic rings. The minimum absolute atomic E-state index is 0.441. The van der Waals surface area contributed by atoms with Gasteiger partial charge in [0.2, 0.25) is 0 Å². The highest BCUT2D eigenvalue weighted by molar-refractivity contribution is 8.23. The number of nitriles is 1. The summed E-state index contributed by atoms with van der Waals surface area (Å²) in [4.78, 5) is 2.08. The van der Waals surface area contributed by atoms with Crippen molar-refractivity contribution >= 4 is 28.3 Å². The molecule has 0 amide bonds. The van der Waals surface area contributed by atoms with Crippen LogP contribution in [-0.2, 0) is 4.74 Å². The highest BCUT2D eigenvalue weighted by Gasteiger charge is 2.13. The Morgan fingerprint density at radius 3 is 2.83 bits per heavy atom. The van der Waals surface area contributed by atoms with Crippen LogP contribution in [0.1, 0.15) is 0 Å². The van der Waals surface area contributed by atoms with Crippen molar-refractivity contribution in [1.29, 1.82) is 5.26 Å². The largest absolute Gasteiger partial charge is 0.378 e. The molecular formula is C7H10N2OS2. The molecule has 0 spiro atoms. The highest BCUT2D eigenvalue weighted by Crippen LogP contribution is 2.10. The van der Waals surface area contributed by atoms with Crippen molar-refractivity contribution in [1.82, 2.24) is 4.90 Å². The summed E-state index contributed by atoms with van der Waals surface area (Å²) in [7, 11) is 0. The van der Waals surface area contributed by atoms with Gasteiger partial charge in [-0.3, -0.25) is 0 Å². The fraction of sp³-hybridized carbons (Fsp3) is 0.714. The van der Waals surface area contributed by atoms with Crippen LogP contribution in [0.4, 0.5) is 0 Å². The van der Waals surface area contributed by atoms with Crippen molar-refractivity contribution < 1.29 is 4.74 Å². The van der Waals surface area contributed by atoms with E-state index in [2.05, 4.69) is 11.0 Å². The minimum atomic E-state index is 0.441. The van der Waals surface area contributed by atoms with Crippen LogP contribution >= 0.6 is 24.0 Å². The number of thiocarbonyl (C=S) groups is 1. The molecule has 1 saturated heterocycles. The van der Waals surface area contributed by atoms with Gasteiger partial charge in [0.25, 0.3) is 0 Å². The van der Waals surface area contributed by atoms with Gasteiger partial charge in [-0.25, -0.2) is 0 Å². The lowest BCUT2D eigenvalue weighted by atomic mass is 10.5. The van der Waals surface area contributed by atoms with Gasteiger partial charge < -0.3 is 9.64 Å². The van der Waals surface area contributed by atoms with Gasteiger partial charge in [-0.2, -0.15) is 5.26 Å². The molecule has 12 heavy (non-hydrogen) atoms. The fourth-order valence-electron chi connectivity index (χ4n) is 0.931. The zero-order valence-electron chi connectivity index (χ0n) is 6.65. The molecule has 0 atom stereocenters. The van der Waals surface area contributed by atoms with Crippen molar-refractivity contribution in [2.24, 2.45) is 0 Å². The van der Waals surface area contributed by atoms with E-state index < -0.39 is 0 Å². The average Bonchev–Trinajstić information content (AvgIpc) is 2.15. The molecule has 0 aromatic carbocycles. The number of thioether (sulfide) groups is 1. The van der Waals surface area contributed by atoms with E-state index in [1.54, 1.807) is 0 Å². The fourth-order valence-corrected chi connectivity index (χ4v) is 1.84. The first-order valence-corrected chi connectivity index (χ1v) is 5.10. The van der Waals surface area contributed by atoms with Crippen molar-refractivity contribution in [2.75, 3.05) is 32.1 Å². The molecule has 0 unspecified atom stereocenters. The van der Waals surface area contributed by atoms with E-state index in [0.717, 1.165) is 30.6 Å². The molecule has 1 aliphatic heterocycles. The van der Waals surface area contributed by atoms with Gasteiger partial charge in [-0.15, -0.1) is 0 Å². The van der Waals surface area contributed by atoms with Crippen molar-refractivity contribution in [2.45, 2.75) is 0 Å². The second-order valence-corrected chi connectivity index (χ2v) is 3.92. The molecule has 5 heteroatoms. The molecule has 66 valence electrons. The summed E-state index contributed by atoms with van der Waals surface area (Å²) < 4.78 is 6.00. The summed E-state index contributed by atoms with van der Waals surface area (Å²) in [6, 6.07) is 2.06. The lowest BCUT2D eigenvalue weighted by molar-refractivity contribution is 0.0702. The number of hydrogen-bond donors (Lipinski definition) is 0. The Balaban J connectivity index is 2.26. The van der Waals surface area contributed by atoms with Crippen LogP contribution in [0.25, 0.3) is 0 Å². The number of rotatable bonds is 1. The lowest BCUT2D eigenvalue weighted by Gasteiger charge is -2.28. The number of hydrogen-bond acceptors (Lipinski definition) is 4. The smallest absolute Gasteiger partial charge is 0.137 e. The van der Waals surface area contributed by atoms with Crippen LogP contribution in [0.5, 0.6) is 0 Å². The molecular weight excluding hydrogens is 192 g/mol. The van der Waals surface area contributed by atoms with Crippen LogP contribution in [0.2, 0.25) is 0 Å². The Morgan fingerprint density at radius 2 is 2.25 bits per heavy atom. The zero-order valence-corrected chi connectivity index (χ0v) is 8.29. The molecule has 1 heterocycles. The van der Waals surface area contributed by atoms with Crippen LogP contribution in [0.15, 0.2) is 0 Å². The number of nitrogens with zero attached hydrogens (tertiary/aromatic N) is 2. The van der Waals surface area contributed by atoms with Crippen molar-refractivity contribution in [3.05, 3.63) is 0 Å². The summed E-state index contributed by atoms with van der Waals surface area (Å²) >= 11 is 6.55. The van der Waals surface area contributed by atoms with Crippen LogP contribution in [0, 0.1) is 11.3 Å². The predicted molar refractivity (Wildman–Crippen MR) is 53.1 cm³/mol. The van der Waals surface area contributed by atoms with Gasteiger partial charge >= 0.3 is 0 Å². The summed E-state index contributed by atoms with van der Waals surface area (Å²) in [6.07, 6.45) is 0. The van der Waals surface area contributed by atoms with Crippen molar-refractivity contribution in [3.8, 4) is 6.07 Å². The van der Waals surface area contributed by atoms with E-state index >= 15 is 0 Å². The molecule has 1 fully saturated rings. The molecule has 3 nitrogen and oxygen atoms in total. The van der Waals surface area contributed by atoms with E-state index in [0.29, 0.717) is 5.75 Å². The first kappa shape index (κ1) is 9.78. The Hall–Kier alpha value is -0.310. The first-order chi connectivity index (χ1) is 5.84. The Bertz CT molecular complexity index is 196. The first-order valence-electron chi connectivity index (χ1n) is 3.71. The van der Waals surface area contributed by atoms with E-state index in [-0.39, 0.29) is 0 Å². The Labute approximate surface area is 81.7 Å². The van der Waals surface area contributed by atoms with Gasteiger partial charge in [0.05, 0.1) is 25.0 Å². The molecule has 0 aliphatic carbocycles. The van der Waals surface area contributed by atoms with Crippen LogP contribution < -0.4 is 0 Å². The summed E-state index contributed by atoms with van der Waals surface area (Å²) in [5, 5.41) is 8.34. The normalized spacial score (nSPS) is 17.1. The third kappa shape index (κ3) is 2.97. The molecule has 0 aromatic heterocycles. The zero-order chi connectivity index (χ0) is 8.81. The van der Waals surface area contributed by atoms with Gasteiger partial charge in [0.15, 0.2) is 0 Å². The summed E-state index contributed by atoms with van der Waals surface area (Å²) in [5.74, 6) is 0.441. The molecule has 1 aliphatic rings. The Morgan fingerprint density at radius 1 is 1.58 bits per heavy atom. The van der Waals surface area contributed by atoms with E-state index in [1.807, 2.05) is 0 Å². The third-order valence-electron chi connectivity index (χ3n) is 1.53. The van der Waals surface area contributed by atoms with Gasteiger partial charge in [0, 0.05) is 13.1 Å². The van der Waals surface area contributed by atoms with Gasteiger partial charge in [0.1, 0.15) is 4.32 Å². The average molecular weight is 202 g/mol. The summed E-state index contributed by atoms with van der Waals surface area (Å²) in [5.41, 5.74) is 0. The highest BCUT2D eigenvalue weighted by atomic mass is 32.2. The standard InChI is InChI=1S/C7H10N2OS2/c8-1-6-12-7(11)9-2-4-10-5-3-9/h2-6H2. The van der Waals surface area contributed by atoms with E-state index in [1.165, 1.54) is 11.8 Å². The molecule has 0 saturated carbocycles. The van der Waals surface area contributed by atoms with Crippen LogP contribution in [-0.4, -0.2) is 41.3 Å². The molecule has 1 rings (SSSR count). The topological polar surface area (TPSA) is 36.3 Å². The van der Waals surface area contributed by atoms with E-state index in [9.17, 15) is 0 Å². The maximum absolute atomic E-state index is 8.34. The quantitative estimate of drug-likeness (QED) is 0.589. The van der Waals surface area contributed by atoms with Gasteiger partial charge in [-0.05, 0) is 0 Å². The van der Waals surface area contributed by atoms with E-state index in [4.69, 9.17) is 22.2 Å². The second kappa shape index (κ2) is 5.36. The summed E-state index contributed by atoms with van der Waals surface area (Å²) in [6.45, 7) is 3.20. The maximum Gasteiger partial charge on any atom is 0.137 e. The molecule has 0 radical (unpaired) electrons. The number of morpholine rings is 1. The lowest BCUT2D eigenvalue weighted by Crippen LogP contribution is -2.38. The number of ether oxygens (including phenoxy) is 1. The monoisotopic (exact) mass is 202 g/mol. The SMILES string of the molecule is N#CCSC(=S)N1CCOCC1. The van der Waals surface area contributed by atoms with Crippen LogP contribution in [0.3, 0.4) is 0 Å². The minimum Gasteiger partial charge on any atom is -0.378 e. The maximum atomic E-state index is 8.34. The molecule has 0 N–H and O–H groups in total. The predicted octanol–water partition coefficient (Wildman–Crippen LogP) is 0.860. The van der Waals surface area contributed by atoms with Gasteiger partial charge in [-0.1, -0.05) is 24.0 Å². The Kier molecular flexibility index (Phi) is 4.36.